The van der Waals surface area contributed by atoms with Crippen LogP contribution in [0.1, 0.15) is 48.5 Å². The Balaban J connectivity index is 1.28. The molecule has 2 N–H and O–H groups in total. The topological polar surface area (TPSA) is 84.0 Å². The fourth-order valence-corrected chi connectivity index (χ4v) is 6.42. The van der Waals surface area contributed by atoms with Crippen LogP contribution in [0.4, 0.5) is 11.4 Å². The second kappa shape index (κ2) is 12.8. The van der Waals surface area contributed by atoms with E-state index in [1.807, 2.05) is 150 Å². The lowest BCUT2D eigenvalue weighted by Gasteiger charge is -2.18. The van der Waals surface area contributed by atoms with Crippen molar-refractivity contribution in [2.45, 2.75) is 34.6 Å². The van der Waals surface area contributed by atoms with Gasteiger partial charge in [-0.25, -0.2) is 9.97 Å². The normalized spacial score (nSPS) is 11.1. The van der Waals surface area contributed by atoms with Gasteiger partial charge in [-0.05, 0) is 75.6 Å². The van der Waals surface area contributed by atoms with E-state index in [4.69, 9.17) is 9.97 Å². The number of nitrogens with zero attached hydrogens (tertiary/aromatic N) is 2. The third kappa shape index (κ3) is 6.05. The van der Waals surface area contributed by atoms with Crippen molar-refractivity contribution >= 4 is 45.0 Å². The number of hydrogen-bond acceptors (Lipinski definition) is 4. The lowest BCUT2D eigenvalue weighted by Crippen LogP contribution is -2.19. The molecule has 0 spiro atoms. The van der Waals surface area contributed by atoms with Crippen LogP contribution in [0, 0.1) is 34.6 Å². The van der Waals surface area contributed by atoms with Crippen molar-refractivity contribution in [1.29, 1.82) is 0 Å². The third-order valence-corrected chi connectivity index (χ3v) is 9.05. The molecule has 0 saturated heterocycles. The second-order valence-electron chi connectivity index (χ2n) is 12.6. The van der Waals surface area contributed by atoms with Gasteiger partial charge in [-0.2, -0.15) is 0 Å². The fraction of sp³-hybridized carbons (Fsp3) is 0.116. The number of amides is 2. The molecule has 0 aliphatic carbocycles. The highest BCUT2D eigenvalue weighted by Crippen LogP contribution is 2.34. The highest BCUT2D eigenvalue weighted by atomic mass is 16.2. The van der Waals surface area contributed by atoms with E-state index in [2.05, 4.69) is 10.6 Å². The molecular weight excluding hydrogens is 604 g/mol. The number of hydrogen-bond donors (Lipinski definition) is 2. The molecule has 0 unspecified atom stereocenters. The number of fused-ring (bicyclic) bond motifs is 2. The molecule has 0 bridgehead atoms. The van der Waals surface area contributed by atoms with Crippen molar-refractivity contribution in [2.75, 3.05) is 10.6 Å². The van der Waals surface area contributed by atoms with Crippen LogP contribution in [0.2, 0.25) is 0 Å². The van der Waals surface area contributed by atoms with Crippen molar-refractivity contribution in [2.24, 2.45) is 0 Å². The lowest BCUT2D eigenvalue weighted by atomic mass is 9.96. The number of anilines is 2. The number of carbonyl (C=O) groups is 2. The molecule has 0 aliphatic rings. The Kier molecular flexibility index (Phi) is 8.22. The van der Waals surface area contributed by atoms with E-state index in [0.29, 0.717) is 22.5 Å². The van der Waals surface area contributed by atoms with Gasteiger partial charge in [0, 0.05) is 21.9 Å². The largest absolute Gasteiger partial charge is 0.320 e. The van der Waals surface area contributed by atoms with Crippen molar-refractivity contribution < 1.29 is 9.59 Å². The van der Waals surface area contributed by atoms with Crippen LogP contribution < -0.4 is 10.6 Å². The molecule has 0 saturated carbocycles. The van der Waals surface area contributed by atoms with Crippen LogP contribution in [0.25, 0.3) is 44.3 Å². The summed E-state index contributed by atoms with van der Waals surface area (Å²) < 4.78 is 0. The van der Waals surface area contributed by atoms with Crippen LogP contribution >= 0.6 is 0 Å². The van der Waals surface area contributed by atoms with E-state index < -0.39 is 0 Å². The van der Waals surface area contributed by atoms with Crippen molar-refractivity contribution in [3.05, 3.63) is 154 Å². The van der Waals surface area contributed by atoms with E-state index in [-0.39, 0.29) is 11.8 Å². The Hall–Kier alpha value is -6.14. The van der Waals surface area contributed by atoms with Gasteiger partial charge in [-0.3, -0.25) is 9.59 Å². The predicted octanol–water partition coefficient (Wildman–Crippen LogP) is 10.2. The molecule has 2 heterocycles. The Morgan fingerprint density at radius 1 is 0.469 bits per heavy atom. The maximum Gasteiger partial charge on any atom is 0.256 e. The van der Waals surface area contributed by atoms with Gasteiger partial charge in [-0.1, -0.05) is 102 Å². The zero-order chi connectivity index (χ0) is 34.2. The molecule has 6 nitrogen and oxygen atoms in total. The first-order valence-electron chi connectivity index (χ1n) is 16.3. The number of aryl methyl sites for hydroxylation is 3. The van der Waals surface area contributed by atoms with E-state index >= 15 is 0 Å². The smallest absolute Gasteiger partial charge is 0.256 e. The number of para-hydroxylation sites is 2. The number of benzene rings is 5. The van der Waals surface area contributed by atoms with Crippen molar-refractivity contribution in [1.82, 2.24) is 9.97 Å². The van der Waals surface area contributed by atoms with Gasteiger partial charge >= 0.3 is 0 Å². The van der Waals surface area contributed by atoms with Gasteiger partial charge in [0.2, 0.25) is 0 Å². The minimum atomic E-state index is -0.281. The quantitative estimate of drug-likeness (QED) is 0.189. The zero-order valence-corrected chi connectivity index (χ0v) is 28.2. The van der Waals surface area contributed by atoms with E-state index in [1.165, 1.54) is 0 Å². The van der Waals surface area contributed by atoms with Crippen LogP contribution in [0.3, 0.4) is 0 Å². The summed E-state index contributed by atoms with van der Waals surface area (Å²) in [6.45, 7) is 9.92. The van der Waals surface area contributed by atoms with E-state index in [1.54, 1.807) is 0 Å². The molecule has 0 aliphatic heterocycles. The first-order valence-corrected chi connectivity index (χ1v) is 16.3. The molecule has 49 heavy (non-hydrogen) atoms. The highest BCUT2D eigenvalue weighted by molar-refractivity contribution is 6.18. The van der Waals surface area contributed by atoms with Gasteiger partial charge in [0.05, 0.1) is 44.9 Å². The summed E-state index contributed by atoms with van der Waals surface area (Å²) in [5.74, 6) is -0.561. The van der Waals surface area contributed by atoms with Crippen molar-refractivity contribution in [3.63, 3.8) is 0 Å². The Morgan fingerprint density at radius 2 is 0.878 bits per heavy atom. The highest BCUT2D eigenvalue weighted by Gasteiger charge is 2.23. The molecule has 0 fully saturated rings. The Bertz CT molecular complexity index is 2410. The average molecular weight is 641 g/mol. The molecule has 2 amide bonds. The molecule has 2 aromatic heterocycles. The summed E-state index contributed by atoms with van der Waals surface area (Å²) in [7, 11) is 0. The van der Waals surface area contributed by atoms with E-state index in [9.17, 15) is 9.59 Å². The van der Waals surface area contributed by atoms with Gasteiger partial charge in [0.15, 0.2) is 0 Å². The summed E-state index contributed by atoms with van der Waals surface area (Å²) >= 11 is 0. The Morgan fingerprint density at radius 3 is 1.35 bits per heavy atom. The Labute approximate surface area is 285 Å². The van der Waals surface area contributed by atoms with E-state index in [0.717, 1.165) is 72.1 Å². The SMILES string of the molecule is Cc1ccc(-c2nc3ccccc3c(C(=O)Nc3ccc(C)cc3NC(=O)c3c(C)c(-c4ccc(C)cc4)nc4ccccc34)c2C)cc1. The fourth-order valence-electron chi connectivity index (χ4n) is 6.42. The number of rotatable bonds is 6. The minimum Gasteiger partial charge on any atom is -0.320 e. The summed E-state index contributed by atoms with van der Waals surface area (Å²) in [5, 5.41) is 7.79. The maximum absolute atomic E-state index is 14.3. The third-order valence-electron chi connectivity index (χ3n) is 9.05. The molecule has 7 rings (SSSR count). The molecule has 0 radical (unpaired) electrons. The molecule has 7 aromatic rings. The van der Waals surface area contributed by atoms with Crippen LogP contribution in [0.5, 0.6) is 0 Å². The zero-order valence-electron chi connectivity index (χ0n) is 28.2. The molecule has 5 aromatic carbocycles. The maximum atomic E-state index is 14.3. The first kappa shape index (κ1) is 31.5. The average Bonchev–Trinajstić information content (AvgIpc) is 3.09. The van der Waals surface area contributed by atoms with Crippen LogP contribution in [-0.4, -0.2) is 21.8 Å². The second-order valence-corrected chi connectivity index (χ2v) is 12.6. The molecule has 240 valence electrons. The summed E-state index contributed by atoms with van der Waals surface area (Å²) in [6, 6.07) is 37.3. The van der Waals surface area contributed by atoms with Gasteiger partial charge in [0.1, 0.15) is 0 Å². The minimum absolute atomic E-state index is 0.280. The van der Waals surface area contributed by atoms with Gasteiger partial charge < -0.3 is 10.6 Å². The van der Waals surface area contributed by atoms with Crippen LogP contribution in [0.15, 0.2) is 115 Å². The van der Waals surface area contributed by atoms with Gasteiger partial charge in [-0.15, -0.1) is 0 Å². The lowest BCUT2D eigenvalue weighted by molar-refractivity contribution is 0.101. The van der Waals surface area contributed by atoms with Crippen molar-refractivity contribution in [3.8, 4) is 22.5 Å². The summed E-state index contributed by atoms with van der Waals surface area (Å²) in [4.78, 5) is 38.5. The molecular formula is C43H36N4O2. The van der Waals surface area contributed by atoms with Crippen LogP contribution in [-0.2, 0) is 0 Å². The molecule has 0 atom stereocenters. The summed E-state index contributed by atoms with van der Waals surface area (Å²) in [6.07, 6.45) is 0. The van der Waals surface area contributed by atoms with Gasteiger partial charge in [0.25, 0.3) is 11.8 Å². The standard InChI is InChI=1S/C43H36N4O2/c1-25-14-19-30(20-15-25)40-28(4)38(32-10-6-8-12-34(32)44-40)42(48)46-36-23-18-27(3)24-37(36)47-43(49)39-29(5)41(31-21-16-26(2)17-22-31)45-35-13-9-7-11-33(35)39/h6-24H,1-5H3,(H,46,48)(H,47,49). The number of aromatic nitrogens is 2. The summed E-state index contributed by atoms with van der Waals surface area (Å²) in [5.41, 5.74) is 11.7. The molecule has 6 heteroatoms. The number of pyridine rings is 2. The first-order chi connectivity index (χ1) is 23.7. The number of carbonyl (C=O) groups excluding carboxylic acids is 2. The predicted molar refractivity (Wildman–Crippen MR) is 200 cm³/mol. The number of nitrogens with one attached hydrogen (secondary N) is 2. The monoisotopic (exact) mass is 640 g/mol.